The van der Waals surface area contributed by atoms with Crippen LogP contribution in [0.5, 0.6) is 0 Å². The SMILES string of the molecule is CCOC(=O)[C@H]1CNC[C@@H]1NC(=O)c1ccc(Cl)s1.Cl. The van der Waals surface area contributed by atoms with Gasteiger partial charge in [0.15, 0.2) is 0 Å². The van der Waals surface area contributed by atoms with Crippen LogP contribution in [0.3, 0.4) is 0 Å². The molecular weight excluding hydrogens is 323 g/mol. The Morgan fingerprint density at radius 3 is 2.85 bits per heavy atom. The van der Waals surface area contributed by atoms with Crippen LogP contribution in [-0.4, -0.2) is 37.6 Å². The molecule has 0 radical (unpaired) electrons. The Balaban J connectivity index is 0.00000200. The predicted octanol–water partition coefficient (Wildman–Crippen LogP) is 1.70. The summed E-state index contributed by atoms with van der Waals surface area (Å²) >= 11 is 7.01. The number of carbonyl (C=O) groups is 2. The summed E-state index contributed by atoms with van der Waals surface area (Å²) in [5.74, 6) is -0.818. The van der Waals surface area contributed by atoms with E-state index < -0.39 is 0 Å². The van der Waals surface area contributed by atoms with Gasteiger partial charge < -0.3 is 15.4 Å². The Hall–Kier alpha value is -0.820. The Bertz CT molecular complexity index is 481. The Morgan fingerprint density at radius 1 is 1.50 bits per heavy atom. The standard InChI is InChI=1S/C12H15ClN2O3S.ClH/c1-2-18-12(17)7-5-14-6-8(7)15-11(16)9-3-4-10(13)19-9;/h3-4,7-8,14H,2,5-6H2,1H3,(H,15,16);1H/t7-,8-;/m0./s1. The van der Waals surface area contributed by atoms with Crippen LogP contribution in [-0.2, 0) is 9.53 Å². The zero-order valence-electron chi connectivity index (χ0n) is 10.8. The van der Waals surface area contributed by atoms with E-state index in [1.807, 2.05) is 0 Å². The van der Waals surface area contributed by atoms with Crippen molar-refractivity contribution in [1.29, 1.82) is 0 Å². The van der Waals surface area contributed by atoms with Crippen molar-refractivity contribution in [2.24, 2.45) is 5.92 Å². The number of ether oxygens (including phenoxy) is 1. The second-order valence-corrected chi connectivity index (χ2v) is 5.92. The smallest absolute Gasteiger partial charge is 0.312 e. The molecule has 1 aromatic rings. The van der Waals surface area contributed by atoms with Crippen LogP contribution in [0.2, 0.25) is 4.34 Å². The highest BCUT2D eigenvalue weighted by atomic mass is 35.5. The van der Waals surface area contributed by atoms with E-state index >= 15 is 0 Å². The summed E-state index contributed by atoms with van der Waals surface area (Å²) in [6, 6.07) is 3.11. The minimum atomic E-state index is -0.334. The van der Waals surface area contributed by atoms with Crippen molar-refractivity contribution in [2.45, 2.75) is 13.0 Å². The molecule has 1 aliphatic heterocycles. The molecule has 1 amide bonds. The maximum Gasteiger partial charge on any atom is 0.312 e. The summed E-state index contributed by atoms with van der Waals surface area (Å²) < 4.78 is 5.57. The number of carbonyl (C=O) groups excluding carboxylic acids is 2. The number of hydrogen-bond acceptors (Lipinski definition) is 5. The second kappa shape index (κ2) is 7.83. The molecule has 0 bridgehead atoms. The fourth-order valence-electron chi connectivity index (χ4n) is 2.00. The number of rotatable bonds is 4. The quantitative estimate of drug-likeness (QED) is 0.820. The van der Waals surface area contributed by atoms with E-state index in [9.17, 15) is 9.59 Å². The molecule has 1 aromatic heterocycles. The van der Waals surface area contributed by atoms with Crippen LogP contribution in [0.4, 0.5) is 0 Å². The summed E-state index contributed by atoms with van der Waals surface area (Å²) in [5, 5.41) is 5.93. The molecule has 1 saturated heterocycles. The van der Waals surface area contributed by atoms with Gasteiger partial charge in [-0.05, 0) is 19.1 Å². The Morgan fingerprint density at radius 2 is 2.25 bits per heavy atom. The molecule has 112 valence electrons. The molecule has 2 N–H and O–H groups in total. The van der Waals surface area contributed by atoms with Crippen LogP contribution in [0.15, 0.2) is 12.1 Å². The minimum Gasteiger partial charge on any atom is -0.466 e. The number of hydrogen-bond donors (Lipinski definition) is 2. The average Bonchev–Trinajstić information content (AvgIpc) is 2.98. The molecule has 0 saturated carbocycles. The van der Waals surface area contributed by atoms with Crippen LogP contribution >= 0.6 is 35.3 Å². The third-order valence-electron chi connectivity index (χ3n) is 2.92. The lowest BCUT2D eigenvalue weighted by Gasteiger charge is -2.18. The molecule has 5 nitrogen and oxygen atoms in total. The molecule has 0 aliphatic carbocycles. The van der Waals surface area contributed by atoms with Crippen LogP contribution in [0.1, 0.15) is 16.6 Å². The highest BCUT2D eigenvalue weighted by Gasteiger charge is 2.35. The number of nitrogens with one attached hydrogen (secondary N) is 2. The lowest BCUT2D eigenvalue weighted by Crippen LogP contribution is -2.43. The van der Waals surface area contributed by atoms with Gasteiger partial charge in [0, 0.05) is 13.1 Å². The normalized spacial score (nSPS) is 21.1. The van der Waals surface area contributed by atoms with E-state index in [4.69, 9.17) is 16.3 Å². The first-order valence-corrected chi connectivity index (χ1v) is 7.24. The zero-order valence-corrected chi connectivity index (χ0v) is 13.2. The van der Waals surface area contributed by atoms with E-state index in [0.29, 0.717) is 28.9 Å². The Labute approximate surface area is 132 Å². The molecule has 20 heavy (non-hydrogen) atoms. The molecule has 2 rings (SSSR count). The molecule has 0 aromatic carbocycles. The maximum absolute atomic E-state index is 12.0. The molecule has 0 unspecified atom stereocenters. The first-order valence-electron chi connectivity index (χ1n) is 6.05. The van der Waals surface area contributed by atoms with Crippen molar-refractivity contribution >= 4 is 47.2 Å². The zero-order chi connectivity index (χ0) is 13.8. The third kappa shape index (κ3) is 4.09. The molecule has 1 aliphatic rings. The molecule has 8 heteroatoms. The third-order valence-corrected chi connectivity index (χ3v) is 4.15. The lowest BCUT2D eigenvalue weighted by molar-refractivity contribution is -0.147. The van der Waals surface area contributed by atoms with Gasteiger partial charge in [0.1, 0.15) is 0 Å². The highest BCUT2D eigenvalue weighted by Crippen LogP contribution is 2.22. The maximum atomic E-state index is 12.0. The molecule has 2 atom stereocenters. The summed E-state index contributed by atoms with van der Waals surface area (Å²) in [6.07, 6.45) is 0. The highest BCUT2D eigenvalue weighted by molar-refractivity contribution is 7.18. The van der Waals surface area contributed by atoms with Crippen molar-refractivity contribution in [3.8, 4) is 0 Å². The molecule has 0 spiro atoms. The monoisotopic (exact) mass is 338 g/mol. The van der Waals surface area contributed by atoms with Crippen molar-refractivity contribution < 1.29 is 14.3 Å². The van der Waals surface area contributed by atoms with E-state index in [0.717, 1.165) is 0 Å². The van der Waals surface area contributed by atoms with Crippen LogP contribution < -0.4 is 10.6 Å². The van der Waals surface area contributed by atoms with Gasteiger partial charge >= 0.3 is 5.97 Å². The van der Waals surface area contributed by atoms with Gasteiger partial charge in [-0.2, -0.15) is 0 Å². The van der Waals surface area contributed by atoms with Gasteiger partial charge in [0.05, 0.1) is 27.8 Å². The van der Waals surface area contributed by atoms with Gasteiger partial charge in [0.25, 0.3) is 5.91 Å². The topological polar surface area (TPSA) is 67.4 Å². The summed E-state index contributed by atoms with van der Waals surface area (Å²) in [7, 11) is 0. The van der Waals surface area contributed by atoms with Gasteiger partial charge in [-0.3, -0.25) is 9.59 Å². The molecule has 2 heterocycles. The largest absolute Gasteiger partial charge is 0.466 e. The van der Waals surface area contributed by atoms with Gasteiger partial charge in [-0.25, -0.2) is 0 Å². The van der Waals surface area contributed by atoms with Crippen LogP contribution in [0, 0.1) is 5.92 Å². The number of halogens is 2. The molecule has 1 fully saturated rings. The fraction of sp³-hybridized carbons (Fsp3) is 0.500. The number of amides is 1. The van der Waals surface area contributed by atoms with Gasteiger partial charge in [-0.15, -0.1) is 23.7 Å². The summed E-state index contributed by atoms with van der Waals surface area (Å²) in [6.45, 7) is 3.20. The van der Waals surface area contributed by atoms with E-state index in [2.05, 4.69) is 10.6 Å². The van der Waals surface area contributed by atoms with Gasteiger partial charge in [0.2, 0.25) is 0 Å². The number of thiophene rings is 1. The van der Waals surface area contributed by atoms with E-state index in [1.165, 1.54) is 11.3 Å². The van der Waals surface area contributed by atoms with Crippen molar-refractivity contribution in [3.63, 3.8) is 0 Å². The predicted molar refractivity (Wildman–Crippen MR) is 80.8 cm³/mol. The van der Waals surface area contributed by atoms with Gasteiger partial charge in [-0.1, -0.05) is 11.6 Å². The Kier molecular flexibility index (Phi) is 6.75. The van der Waals surface area contributed by atoms with Crippen LogP contribution in [0.25, 0.3) is 0 Å². The van der Waals surface area contributed by atoms with Crippen molar-refractivity contribution in [3.05, 3.63) is 21.3 Å². The number of esters is 1. The van der Waals surface area contributed by atoms with E-state index in [-0.39, 0.29) is 36.2 Å². The summed E-state index contributed by atoms with van der Waals surface area (Å²) in [4.78, 5) is 24.3. The van der Waals surface area contributed by atoms with Crippen molar-refractivity contribution in [2.75, 3.05) is 19.7 Å². The first-order chi connectivity index (χ1) is 9.11. The summed E-state index contributed by atoms with van der Waals surface area (Å²) in [5.41, 5.74) is 0. The first kappa shape index (κ1) is 17.2. The minimum absolute atomic E-state index is 0. The lowest BCUT2D eigenvalue weighted by atomic mass is 10.0. The fourth-order valence-corrected chi connectivity index (χ4v) is 2.95. The average molecular weight is 339 g/mol. The molecular formula is C12H16Cl2N2O3S. The second-order valence-electron chi connectivity index (χ2n) is 4.20. The van der Waals surface area contributed by atoms with Crippen molar-refractivity contribution in [1.82, 2.24) is 10.6 Å². The van der Waals surface area contributed by atoms with E-state index in [1.54, 1.807) is 19.1 Å².